The molecular weight excluding hydrogens is 438 g/mol. The number of halogens is 2. The van der Waals surface area contributed by atoms with Crippen LogP contribution < -0.4 is 0 Å². The number of rotatable bonds is 4. The second-order valence-corrected chi connectivity index (χ2v) is 9.52. The van der Waals surface area contributed by atoms with E-state index in [1.165, 1.54) is 18.2 Å². The van der Waals surface area contributed by atoms with Gasteiger partial charge in [-0.05, 0) is 54.0 Å². The highest BCUT2D eigenvalue weighted by atomic mass is 19.1. The first-order valence-electron chi connectivity index (χ1n) is 11.2. The first-order chi connectivity index (χ1) is 16.4. The topological polar surface area (TPSA) is 89.6 Å². The summed E-state index contributed by atoms with van der Waals surface area (Å²) in [5.74, 6) is -0.641. The zero-order chi connectivity index (χ0) is 23.7. The molecule has 1 fully saturated rings. The van der Waals surface area contributed by atoms with E-state index >= 15 is 0 Å². The quantitative estimate of drug-likeness (QED) is 0.493. The Morgan fingerprint density at radius 2 is 1.91 bits per heavy atom. The monoisotopic (exact) mass is 460 g/mol. The second-order valence-electron chi connectivity index (χ2n) is 9.52. The molecule has 34 heavy (non-hydrogen) atoms. The van der Waals surface area contributed by atoms with Gasteiger partial charge < -0.3 is 5.11 Å². The van der Waals surface area contributed by atoms with Gasteiger partial charge in [0.1, 0.15) is 11.6 Å². The van der Waals surface area contributed by atoms with Gasteiger partial charge in [0, 0.05) is 12.4 Å². The van der Waals surface area contributed by atoms with Crippen molar-refractivity contribution in [2.75, 3.05) is 0 Å². The fourth-order valence-electron chi connectivity index (χ4n) is 6.00. The maximum Gasteiger partial charge on any atom is 0.172 e. The van der Waals surface area contributed by atoms with E-state index in [-0.39, 0.29) is 29.2 Å². The second kappa shape index (κ2) is 7.20. The van der Waals surface area contributed by atoms with Crippen molar-refractivity contribution >= 4 is 0 Å². The summed E-state index contributed by atoms with van der Waals surface area (Å²) in [6.07, 6.45) is 6.83. The van der Waals surface area contributed by atoms with Gasteiger partial charge in [-0.2, -0.15) is 10.2 Å². The lowest BCUT2D eigenvalue weighted by Gasteiger charge is -2.37. The Morgan fingerprint density at radius 3 is 2.65 bits per heavy atom. The fourth-order valence-corrected chi connectivity index (χ4v) is 6.00. The van der Waals surface area contributed by atoms with Crippen molar-refractivity contribution in [3.63, 3.8) is 0 Å². The Balaban J connectivity index is 1.51. The van der Waals surface area contributed by atoms with Crippen LogP contribution in [-0.4, -0.2) is 35.1 Å². The van der Waals surface area contributed by atoms with Crippen LogP contribution in [0, 0.1) is 17.0 Å². The number of hydrogen-bond donors (Lipinski definition) is 1. The third-order valence-electron chi connectivity index (χ3n) is 7.70. The van der Waals surface area contributed by atoms with E-state index in [2.05, 4.69) is 34.1 Å². The molecule has 2 bridgehead atoms. The van der Waals surface area contributed by atoms with E-state index in [4.69, 9.17) is 4.98 Å². The summed E-state index contributed by atoms with van der Waals surface area (Å²) in [7, 11) is 0. The maximum atomic E-state index is 14.5. The van der Waals surface area contributed by atoms with Crippen LogP contribution in [0.15, 0.2) is 48.9 Å². The molecule has 2 aliphatic rings. The predicted molar refractivity (Wildman–Crippen MR) is 119 cm³/mol. The average Bonchev–Trinajstić information content (AvgIpc) is 3.47. The summed E-state index contributed by atoms with van der Waals surface area (Å²) < 4.78 is 30.5. The first kappa shape index (κ1) is 21.0. The molecule has 2 atom stereocenters. The maximum absolute atomic E-state index is 14.5. The normalized spacial score (nSPS) is 22.2. The van der Waals surface area contributed by atoms with Crippen molar-refractivity contribution in [2.24, 2.45) is 5.41 Å². The molecule has 1 N–H and O–H groups in total. The Bertz CT molecular complexity index is 1410. The summed E-state index contributed by atoms with van der Waals surface area (Å²) in [5.41, 5.74) is 2.28. The van der Waals surface area contributed by atoms with Gasteiger partial charge in [-0.25, -0.2) is 18.4 Å². The highest BCUT2D eigenvalue weighted by Crippen LogP contribution is 2.69. The molecule has 3 aromatic heterocycles. The Labute approximate surface area is 194 Å². The Kier molecular flexibility index (Phi) is 4.44. The van der Waals surface area contributed by atoms with Gasteiger partial charge >= 0.3 is 0 Å². The van der Waals surface area contributed by atoms with Crippen LogP contribution in [0.1, 0.15) is 55.3 Å². The van der Waals surface area contributed by atoms with Crippen molar-refractivity contribution < 1.29 is 13.9 Å². The Morgan fingerprint density at radius 1 is 1.12 bits per heavy atom. The molecule has 6 rings (SSSR count). The smallest absolute Gasteiger partial charge is 0.172 e. The minimum Gasteiger partial charge on any atom is -0.390 e. The van der Waals surface area contributed by atoms with Crippen LogP contribution >= 0.6 is 0 Å². The zero-order valence-electron chi connectivity index (χ0n) is 18.7. The van der Waals surface area contributed by atoms with Crippen LogP contribution in [-0.2, 0) is 12.0 Å². The average molecular weight is 460 g/mol. The highest BCUT2D eigenvalue weighted by Gasteiger charge is 2.65. The van der Waals surface area contributed by atoms with Crippen molar-refractivity contribution in [3.05, 3.63) is 83.2 Å². The molecule has 0 saturated heterocycles. The van der Waals surface area contributed by atoms with Gasteiger partial charge in [-0.15, -0.1) is 5.10 Å². The SMILES string of the molecule is CC1(C)[C@@H]2CC[C@@]1(c1cncc(-n3ccc(CO)n3)n1)c1nnc(-c3c(F)cccc3F)cc12. The molecule has 172 valence electrons. The van der Waals surface area contributed by atoms with Crippen LogP contribution in [0.5, 0.6) is 0 Å². The molecule has 2 aliphatic carbocycles. The van der Waals surface area contributed by atoms with Crippen LogP contribution in [0.4, 0.5) is 8.78 Å². The minimum absolute atomic E-state index is 0.141. The molecule has 0 unspecified atom stereocenters. The minimum atomic E-state index is -0.661. The van der Waals surface area contributed by atoms with E-state index in [0.717, 1.165) is 29.8 Å². The summed E-state index contributed by atoms with van der Waals surface area (Å²) in [5, 5.41) is 22.5. The summed E-state index contributed by atoms with van der Waals surface area (Å²) in [6, 6.07) is 7.30. The molecule has 3 heterocycles. The van der Waals surface area contributed by atoms with Gasteiger partial charge in [-0.3, -0.25) is 4.98 Å². The zero-order valence-corrected chi connectivity index (χ0v) is 18.7. The van der Waals surface area contributed by atoms with Crippen LogP contribution in [0.2, 0.25) is 0 Å². The van der Waals surface area contributed by atoms with Gasteiger partial charge in [0.05, 0.1) is 46.6 Å². The van der Waals surface area contributed by atoms with E-state index in [1.807, 2.05) is 0 Å². The molecule has 1 aromatic carbocycles. The van der Waals surface area contributed by atoms with Gasteiger partial charge in [0.2, 0.25) is 0 Å². The number of nitrogens with zero attached hydrogens (tertiary/aromatic N) is 6. The standard InChI is InChI=1S/C25H22F2N6O/c1-24(2)16-6-8-25(24,20-11-28-12-21(29-20)33-9-7-14(13-34)32-33)23-15(16)10-19(30-31-23)22-17(26)4-3-5-18(22)27/h3-5,7,9-12,16,34H,6,8,13H2,1-2H3/t16-,25-/m1/s1. The van der Waals surface area contributed by atoms with Gasteiger partial charge in [-0.1, -0.05) is 19.9 Å². The van der Waals surface area contributed by atoms with Crippen molar-refractivity contribution in [2.45, 2.75) is 44.6 Å². The number of fused-ring (bicyclic) bond motifs is 5. The largest absolute Gasteiger partial charge is 0.390 e. The lowest BCUT2D eigenvalue weighted by molar-refractivity contribution is 0.242. The third kappa shape index (κ3) is 2.67. The van der Waals surface area contributed by atoms with Crippen molar-refractivity contribution in [1.82, 2.24) is 29.9 Å². The van der Waals surface area contributed by atoms with Crippen molar-refractivity contribution in [1.29, 1.82) is 0 Å². The first-order valence-corrected chi connectivity index (χ1v) is 11.2. The molecule has 0 radical (unpaired) electrons. The number of aromatic nitrogens is 6. The number of hydrogen-bond acceptors (Lipinski definition) is 6. The number of aliphatic hydroxyl groups is 1. The molecular formula is C25H22F2N6O. The Hall–Kier alpha value is -3.59. The molecule has 7 nitrogen and oxygen atoms in total. The van der Waals surface area contributed by atoms with E-state index in [9.17, 15) is 13.9 Å². The fraction of sp³-hybridized carbons (Fsp3) is 0.320. The molecule has 0 spiro atoms. The lowest BCUT2D eigenvalue weighted by atomic mass is 9.66. The molecule has 0 aliphatic heterocycles. The predicted octanol–water partition coefficient (Wildman–Crippen LogP) is 4.09. The highest BCUT2D eigenvalue weighted by molar-refractivity contribution is 5.64. The summed E-state index contributed by atoms with van der Waals surface area (Å²) >= 11 is 0. The molecule has 0 amide bonds. The van der Waals surface area contributed by atoms with Gasteiger partial charge in [0.25, 0.3) is 0 Å². The number of benzene rings is 1. The summed E-state index contributed by atoms with van der Waals surface area (Å²) in [6.45, 7) is 4.20. The van der Waals surface area contributed by atoms with Crippen molar-refractivity contribution in [3.8, 4) is 17.1 Å². The van der Waals surface area contributed by atoms with Gasteiger partial charge in [0.15, 0.2) is 5.82 Å². The molecule has 4 aromatic rings. The van der Waals surface area contributed by atoms with Crippen LogP contribution in [0.3, 0.4) is 0 Å². The van der Waals surface area contributed by atoms with E-state index in [1.54, 1.807) is 35.4 Å². The summed E-state index contributed by atoms with van der Waals surface area (Å²) in [4.78, 5) is 9.36. The molecule has 9 heteroatoms. The number of aliphatic hydroxyl groups excluding tert-OH is 1. The lowest BCUT2D eigenvalue weighted by Crippen LogP contribution is -2.38. The van der Waals surface area contributed by atoms with Crippen LogP contribution in [0.25, 0.3) is 17.1 Å². The van der Waals surface area contributed by atoms with E-state index < -0.39 is 17.0 Å². The molecule has 1 saturated carbocycles. The van der Waals surface area contributed by atoms with E-state index in [0.29, 0.717) is 11.5 Å². The third-order valence-corrected chi connectivity index (χ3v) is 7.70.